The van der Waals surface area contributed by atoms with E-state index >= 15 is 0 Å². The highest BCUT2D eigenvalue weighted by molar-refractivity contribution is 14.1. The Kier molecular flexibility index (Phi) is 6.14. The van der Waals surface area contributed by atoms with E-state index < -0.39 is 0 Å². The van der Waals surface area contributed by atoms with E-state index in [1.54, 1.807) is 6.07 Å². The predicted octanol–water partition coefficient (Wildman–Crippen LogP) is 4.41. The van der Waals surface area contributed by atoms with Gasteiger partial charge in [0.2, 0.25) is 0 Å². The number of halogens is 2. The summed E-state index contributed by atoms with van der Waals surface area (Å²) in [6, 6.07) is 11.3. The molecule has 0 radical (unpaired) electrons. The summed E-state index contributed by atoms with van der Waals surface area (Å²) in [7, 11) is 0. The lowest BCUT2D eigenvalue weighted by Gasteiger charge is -2.15. The largest absolute Gasteiger partial charge is 0.490 e. The Hall–Kier alpha value is -0.980. The minimum Gasteiger partial charge on any atom is -0.490 e. The summed E-state index contributed by atoms with van der Waals surface area (Å²) in [5.74, 6) is 1.31. The van der Waals surface area contributed by atoms with Crippen molar-refractivity contribution in [1.82, 2.24) is 0 Å². The monoisotopic (exact) mass is 418 g/mol. The molecule has 1 N–H and O–H groups in total. The lowest BCUT2D eigenvalue weighted by Crippen LogP contribution is -2.03. The van der Waals surface area contributed by atoms with Gasteiger partial charge in [0.05, 0.1) is 16.8 Å². The van der Waals surface area contributed by atoms with E-state index in [0.29, 0.717) is 29.7 Å². The molecule has 0 saturated heterocycles. The molecule has 0 heterocycles. The van der Waals surface area contributed by atoms with E-state index in [-0.39, 0.29) is 6.61 Å². The first-order valence-corrected chi connectivity index (χ1v) is 8.03. The van der Waals surface area contributed by atoms with Gasteiger partial charge in [-0.15, -0.1) is 0 Å². The normalized spacial score (nSPS) is 10.5. The first-order valence-electron chi connectivity index (χ1n) is 6.58. The van der Waals surface area contributed by atoms with Gasteiger partial charge >= 0.3 is 0 Å². The van der Waals surface area contributed by atoms with E-state index in [1.165, 1.54) is 0 Å². The molecule has 0 aliphatic carbocycles. The van der Waals surface area contributed by atoms with Crippen LogP contribution >= 0.6 is 34.2 Å². The number of ether oxygens (including phenoxy) is 2. The van der Waals surface area contributed by atoms with E-state index in [9.17, 15) is 5.11 Å². The lowest BCUT2D eigenvalue weighted by molar-refractivity contribution is 0.262. The van der Waals surface area contributed by atoms with Gasteiger partial charge < -0.3 is 14.6 Å². The lowest BCUT2D eigenvalue weighted by atomic mass is 10.2. The van der Waals surface area contributed by atoms with E-state index in [2.05, 4.69) is 22.6 Å². The molecule has 0 aliphatic rings. The highest BCUT2D eigenvalue weighted by Gasteiger charge is 2.13. The number of hydrogen-bond donors (Lipinski definition) is 1. The summed E-state index contributed by atoms with van der Waals surface area (Å²) in [6.45, 7) is 2.79. The van der Waals surface area contributed by atoms with Crippen LogP contribution in [0.1, 0.15) is 18.1 Å². The van der Waals surface area contributed by atoms with Crippen LogP contribution in [-0.2, 0) is 13.2 Å². The fraction of sp³-hybridized carbons (Fsp3) is 0.250. The Labute approximate surface area is 143 Å². The van der Waals surface area contributed by atoms with Crippen LogP contribution < -0.4 is 9.47 Å². The third-order valence-electron chi connectivity index (χ3n) is 2.88. The van der Waals surface area contributed by atoms with Crippen LogP contribution in [0.15, 0.2) is 36.4 Å². The van der Waals surface area contributed by atoms with Crippen molar-refractivity contribution < 1.29 is 14.6 Å². The molecule has 0 saturated carbocycles. The fourth-order valence-electron chi connectivity index (χ4n) is 1.88. The molecule has 2 aromatic rings. The molecule has 21 heavy (non-hydrogen) atoms. The molecule has 0 aliphatic heterocycles. The maximum absolute atomic E-state index is 9.27. The van der Waals surface area contributed by atoms with Gasteiger partial charge in [0, 0.05) is 10.6 Å². The van der Waals surface area contributed by atoms with Crippen LogP contribution in [0, 0.1) is 3.57 Å². The van der Waals surface area contributed by atoms with Gasteiger partial charge in [-0.25, -0.2) is 0 Å². The van der Waals surface area contributed by atoms with Crippen molar-refractivity contribution >= 4 is 34.2 Å². The zero-order valence-electron chi connectivity index (χ0n) is 11.6. The van der Waals surface area contributed by atoms with Crippen molar-refractivity contribution in [2.45, 2.75) is 20.1 Å². The zero-order valence-corrected chi connectivity index (χ0v) is 14.5. The van der Waals surface area contributed by atoms with Crippen molar-refractivity contribution in [3.63, 3.8) is 0 Å². The van der Waals surface area contributed by atoms with Crippen molar-refractivity contribution in [1.29, 1.82) is 0 Å². The second-order valence-corrected chi connectivity index (χ2v) is 5.95. The zero-order chi connectivity index (χ0) is 15.2. The Morgan fingerprint density at radius 3 is 2.62 bits per heavy atom. The maximum Gasteiger partial charge on any atom is 0.174 e. The van der Waals surface area contributed by atoms with Crippen LogP contribution in [0.25, 0.3) is 0 Å². The highest BCUT2D eigenvalue weighted by atomic mass is 127. The number of rotatable bonds is 6. The van der Waals surface area contributed by atoms with Gasteiger partial charge in [0.15, 0.2) is 11.5 Å². The standard InChI is InChI=1S/C16H16ClIO3/c1-2-20-15-8-11(9-19)7-14(18)16(15)21-10-12-5-3-4-6-13(12)17/h3-8,19H,2,9-10H2,1H3. The summed E-state index contributed by atoms with van der Waals surface area (Å²) in [4.78, 5) is 0. The Balaban J connectivity index is 2.24. The molecule has 2 aromatic carbocycles. The Bertz CT molecular complexity index is 616. The highest BCUT2D eigenvalue weighted by Crippen LogP contribution is 2.35. The van der Waals surface area contributed by atoms with Gasteiger partial charge in [-0.05, 0) is 53.3 Å². The van der Waals surface area contributed by atoms with Crippen LogP contribution in [0.4, 0.5) is 0 Å². The topological polar surface area (TPSA) is 38.7 Å². The van der Waals surface area contributed by atoms with Crippen LogP contribution in [0.5, 0.6) is 11.5 Å². The molecule has 2 rings (SSSR count). The summed E-state index contributed by atoms with van der Waals surface area (Å²) >= 11 is 8.31. The molecule has 3 nitrogen and oxygen atoms in total. The summed E-state index contributed by atoms with van der Waals surface area (Å²) in [5, 5.41) is 9.95. The van der Waals surface area contributed by atoms with Crippen molar-refractivity contribution in [2.75, 3.05) is 6.61 Å². The minimum atomic E-state index is -0.0269. The molecular weight excluding hydrogens is 403 g/mol. The van der Waals surface area contributed by atoms with Gasteiger partial charge in [0.25, 0.3) is 0 Å². The first-order chi connectivity index (χ1) is 10.2. The summed E-state index contributed by atoms with van der Waals surface area (Å²) < 4.78 is 12.4. The fourth-order valence-corrected chi connectivity index (χ4v) is 2.89. The van der Waals surface area contributed by atoms with Gasteiger partial charge in [0.1, 0.15) is 6.61 Å². The number of hydrogen-bond acceptors (Lipinski definition) is 3. The number of aliphatic hydroxyl groups excluding tert-OH is 1. The second-order valence-electron chi connectivity index (χ2n) is 4.38. The summed E-state index contributed by atoms with van der Waals surface area (Å²) in [6.07, 6.45) is 0. The third kappa shape index (κ3) is 4.25. The molecular formula is C16H16ClIO3. The minimum absolute atomic E-state index is 0.0269. The molecule has 5 heteroatoms. The average Bonchev–Trinajstić information content (AvgIpc) is 2.48. The molecule has 0 atom stereocenters. The smallest absolute Gasteiger partial charge is 0.174 e. The molecule has 0 aromatic heterocycles. The third-order valence-corrected chi connectivity index (χ3v) is 4.05. The molecule has 0 spiro atoms. The van der Waals surface area contributed by atoms with Crippen molar-refractivity contribution in [3.8, 4) is 11.5 Å². The Morgan fingerprint density at radius 1 is 1.19 bits per heavy atom. The maximum atomic E-state index is 9.27. The van der Waals surface area contributed by atoms with E-state index in [4.69, 9.17) is 21.1 Å². The van der Waals surface area contributed by atoms with E-state index in [0.717, 1.165) is 14.7 Å². The predicted molar refractivity (Wildman–Crippen MR) is 92.0 cm³/mol. The summed E-state index contributed by atoms with van der Waals surface area (Å²) in [5.41, 5.74) is 1.72. The number of benzene rings is 2. The molecule has 0 unspecified atom stereocenters. The van der Waals surface area contributed by atoms with Gasteiger partial charge in [-0.2, -0.15) is 0 Å². The second kappa shape index (κ2) is 7.87. The van der Waals surface area contributed by atoms with Crippen molar-refractivity contribution in [2.24, 2.45) is 0 Å². The van der Waals surface area contributed by atoms with Gasteiger partial charge in [-0.3, -0.25) is 0 Å². The SMILES string of the molecule is CCOc1cc(CO)cc(I)c1OCc1ccccc1Cl. The first kappa shape index (κ1) is 16.4. The van der Waals surface area contributed by atoms with E-state index in [1.807, 2.05) is 37.3 Å². The molecule has 0 amide bonds. The average molecular weight is 419 g/mol. The molecule has 0 fully saturated rings. The van der Waals surface area contributed by atoms with Crippen LogP contribution in [0.2, 0.25) is 5.02 Å². The molecule has 112 valence electrons. The van der Waals surface area contributed by atoms with Crippen LogP contribution in [0.3, 0.4) is 0 Å². The quantitative estimate of drug-likeness (QED) is 0.706. The van der Waals surface area contributed by atoms with Gasteiger partial charge in [-0.1, -0.05) is 29.8 Å². The van der Waals surface area contributed by atoms with Crippen LogP contribution in [-0.4, -0.2) is 11.7 Å². The number of aliphatic hydroxyl groups is 1. The van der Waals surface area contributed by atoms with Crippen molar-refractivity contribution in [3.05, 3.63) is 56.1 Å². The molecule has 0 bridgehead atoms. The Morgan fingerprint density at radius 2 is 1.95 bits per heavy atom.